The van der Waals surface area contributed by atoms with E-state index in [1.165, 1.54) is 13.2 Å². The van der Waals surface area contributed by atoms with Gasteiger partial charge in [0.05, 0.1) is 18.5 Å². The summed E-state index contributed by atoms with van der Waals surface area (Å²) in [7, 11) is 1.53. The molecule has 27 heavy (non-hydrogen) atoms. The van der Waals surface area contributed by atoms with Crippen LogP contribution in [0.25, 0.3) is 11.3 Å². The molecule has 6 nitrogen and oxygen atoms in total. The Morgan fingerprint density at radius 1 is 1.15 bits per heavy atom. The van der Waals surface area contributed by atoms with E-state index in [-0.39, 0.29) is 18.0 Å². The van der Waals surface area contributed by atoms with Crippen molar-refractivity contribution in [3.8, 4) is 17.0 Å². The SMILES string of the molecule is COc1ccc(C)cc1NC(=O)Cn1nc(-c2ccc(Cl)cc2)ccc1=O. The molecule has 0 aliphatic carbocycles. The van der Waals surface area contributed by atoms with Gasteiger partial charge in [0.25, 0.3) is 5.56 Å². The monoisotopic (exact) mass is 383 g/mol. The normalized spacial score (nSPS) is 10.5. The molecule has 2 aromatic carbocycles. The van der Waals surface area contributed by atoms with Gasteiger partial charge in [-0.05, 0) is 42.8 Å². The third kappa shape index (κ3) is 4.54. The topological polar surface area (TPSA) is 73.2 Å². The fourth-order valence-electron chi connectivity index (χ4n) is 2.58. The molecule has 0 saturated carbocycles. The molecule has 3 rings (SSSR count). The first-order chi connectivity index (χ1) is 13.0. The van der Waals surface area contributed by atoms with Crippen LogP contribution in [0.4, 0.5) is 5.69 Å². The van der Waals surface area contributed by atoms with Gasteiger partial charge >= 0.3 is 0 Å². The van der Waals surface area contributed by atoms with Gasteiger partial charge < -0.3 is 10.1 Å². The number of ether oxygens (including phenoxy) is 1. The first kappa shape index (κ1) is 18.7. The number of nitrogens with one attached hydrogen (secondary N) is 1. The van der Waals surface area contributed by atoms with Crippen molar-refractivity contribution in [2.24, 2.45) is 0 Å². The Morgan fingerprint density at radius 2 is 1.89 bits per heavy atom. The van der Waals surface area contributed by atoms with Crippen molar-refractivity contribution in [1.29, 1.82) is 0 Å². The van der Waals surface area contributed by atoms with Crippen LogP contribution in [0.15, 0.2) is 59.4 Å². The first-order valence-electron chi connectivity index (χ1n) is 8.25. The maximum atomic E-state index is 12.4. The second-order valence-electron chi connectivity index (χ2n) is 5.97. The van der Waals surface area contributed by atoms with E-state index in [9.17, 15) is 9.59 Å². The van der Waals surface area contributed by atoms with Crippen molar-refractivity contribution in [3.63, 3.8) is 0 Å². The predicted octanol–water partition coefficient (Wildman–Crippen LogP) is 3.52. The van der Waals surface area contributed by atoms with E-state index in [1.54, 1.807) is 42.5 Å². The van der Waals surface area contributed by atoms with Crippen LogP contribution in [0, 0.1) is 6.92 Å². The maximum Gasteiger partial charge on any atom is 0.267 e. The van der Waals surface area contributed by atoms with Crippen LogP contribution in [-0.2, 0) is 11.3 Å². The number of aryl methyl sites for hydroxylation is 1. The highest BCUT2D eigenvalue weighted by Crippen LogP contribution is 2.25. The lowest BCUT2D eigenvalue weighted by atomic mass is 10.1. The highest BCUT2D eigenvalue weighted by molar-refractivity contribution is 6.30. The Kier molecular flexibility index (Phi) is 5.57. The maximum absolute atomic E-state index is 12.4. The van der Waals surface area contributed by atoms with E-state index >= 15 is 0 Å². The second-order valence-corrected chi connectivity index (χ2v) is 6.41. The number of nitrogens with zero attached hydrogens (tertiary/aromatic N) is 2. The smallest absolute Gasteiger partial charge is 0.267 e. The number of rotatable bonds is 5. The van der Waals surface area contributed by atoms with E-state index in [4.69, 9.17) is 16.3 Å². The van der Waals surface area contributed by atoms with Gasteiger partial charge in [-0.25, -0.2) is 4.68 Å². The molecular formula is C20H18ClN3O3. The Balaban J connectivity index is 1.82. The Bertz CT molecular complexity index is 1030. The van der Waals surface area contributed by atoms with Crippen molar-refractivity contribution >= 4 is 23.2 Å². The van der Waals surface area contributed by atoms with Gasteiger partial charge in [0.1, 0.15) is 12.3 Å². The van der Waals surface area contributed by atoms with Crippen LogP contribution in [0.1, 0.15) is 5.56 Å². The van der Waals surface area contributed by atoms with Crippen molar-refractivity contribution < 1.29 is 9.53 Å². The van der Waals surface area contributed by atoms with Gasteiger partial charge in [-0.2, -0.15) is 5.10 Å². The van der Waals surface area contributed by atoms with E-state index < -0.39 is 0 Å². The van der Waals surface area contributed by atoms with Crippen LogP contribution < -0.4 is 15.6 Å². The quantitative estimate of drug-likeness (QED) is 0.731. The first-order valence-corrected chi connectivity index (χ1v) is 8.62. The van der Waals surface area contributed by atoms with Crippen LogP contribution in [-0.4, -0.2) is 22.8 Å². The molecule has 0 saturated heterocycles. The molecular weight excluding hydrogens is 366 g/mol. The highest BCUT2D eigenvalue weighted by atomic mass is 35.5. The molecule has 1 heterocycles. The zero-order chi connectivity index (χ0) is 19.4. The molecule has 138 valence electrons. The number of methoxy groups -OCH3 is 1. The summed E-state index contributed by atoms with van der Waals surface area (Å²) in [6, 6.07) is 15.6. The van der Waals surface area contributed by atoms with E-state index in [0.717, 1.165) is 15.8 Å². The van der Waals surface area contributed by atoms with Gasteiger partial charge in [-0.15, -0.1) is 0 Å². The minimum absolute atomic E-state index is 0.211. The molecule has 7 heteroatoms. The molecule has 1 amide bonds. The Labute approximate surface area is 161 Å². The molecule has 0 radical (unpaired) electrons. The zero-order valence-corrected chi connectivity index (χ0v) is 15.7. The predicted molar refractivity (Wildman–Crippen MR) is 105 cm³/mol. The number of hydrogen-bond acceptors (Lipinski definition) is 4. The Morgan fingerprint density at radius 3 is 2.59 bits per heavy atom. The third-order valence-corrected chi connectivity index (χ3v) is 4.18. The third-order valence-electron chi connectivity index (χ3n) is 3.93. The molecule has 0 aliphatic heterocycles. The van der Waals surface area contributed by atoms with Crippen molar-refractivity contribution in [2.75, 3.05) is 12.4 Å². The largest absolute Gasteiger partial charge is 0.495 e. The molecule has 0 bridgehead atoms. The number of benzene rings is 2. The molecule has 0 aliphatic rings. The molecule has 3 aromatic rings. The number of amides is 1. The molecule has 0 unspecified atom stereocenters. The van der Waals surface area contributed by atoms with Gasteiger partial charge in [-0.1, -0.05) is 29.8 Å². The fraction of sp³-hybridized carbons (Fsp3) is 0.150. The minimum atomic E-state index is -0.373. The number of hydrogen-bond donors (Lipinski definition) is 1. The Hall–Kier alpha value is -3.12. The van der Waals surface area contributed by atoms with Crippen molar-refractivity contribution in [1.82, 2.24) is 9.78 Å². The summed E-state index contributed by atoms with van der Waals surface area (Å²) in [6.07, 6.45) is 0. The number of anilines is 1. The van der Waals surface area contributed by atoms with E-state index in [0.29, 0.717) is 22.2 Å². The van der Waals surface area contributed by atoms with Crippen LogP contribution in [0.5, 0.6) is 5.75 Å². The molecule has 0 spiro atoms. The molecule has 1 N–H and O–H groups in total. The second kappa shape index (κ2) is 8.05. The fourth-order valence-corrected chi connectivity index (χ4v) is 2.71. The summed E-state index contributed by atoms with van der Waals surface area (Å²) in [6.45, 7) is 1.70. The lowest BCUT2D eigenvalue weighted by Gasteiger charge is -2.12. The van der Waals surface area contributed by atoms with Gasteiger partial charge in [0.15, 0.2) is 0 Å². The summed E-state index contributed by atoms with van der Waals surface area (Å²) in [5, 5.41) is 7.66. The standard InChI is InChI=1S/C20H18ClN3O3/c1-13-3-9-18(27-2)17(11-13)22-19(25)12-24-20(26)10-8-16(23-24)14-4-6-15(21)7-5-14/h3-11H,12H2,1-2H3,(H,22,25). The summed E-state index contributed by atoms with van der Waals surface area (Å²) in [5.41, 5.74) is 2.54. The van der Waals surface area contributed by atoms with Gasteiger partial charge in [0, 0.05) is 16.7 Å². The molecule has 0 fully saturated rings. The summed E-state index contributed by atoms with van der Waals surface area (Å²) in [4.78, 5) is 24.5. The van der Waals surface area contributed by atoms with Crippen LogP contribution in [0.2, 0.25) is 5.02 Å². The lowest BCUT2D eigenvalue weighted by molar-refractivity contribution is -0.117. The van der Waals surface area contributed by atoms with Crippen LogP contribution >= 0.6 is 11.6 Å². The lowest BCUT2D eigenvalue weighted by Crippen LogP contribution is -2.29. The number of halogens is 1. The number of aromatic nitrogens is 2. The van der Waals surface area contributed by atoms with Gasteiger partial charge in [0.2, 0.25) is 5.91 Å². The number of carbonyl (C=O) groups excluding carboxylic acids is 1. The number of carbonyl (C=O) groups is 1. The summed E-state index contributed by atoms with van der Waals surface area (Å²) in [5.74, 6) is 0.172. The molecule has 1 aromatic heterocycles. The highest BCUT2D eigenvalue weighted by Gasteiger charge is 2.11. The van der Waals surface area contributed by atoms with Gasteiger partial charge in [-0.3, -0.25) is 9.59 Å². The van der Waals surface area contributed by atoms with Crippen molar-refractivity contribution in [3.05, 3.63) is 75.5 Å². The zero-order valence-electron chi connectivity index (χ0n) is 14.9. The summed E-state index contributed by atoms with van der Waals surface area (Å²) < 4.78 is 6.38. The van der Waals surface area contributed by atoms with E-state index in [1.807, 2.05) is 13.0 Å². The van der Waals surface area contributed by atoms with Crippen molar-refractivity contribution in [2.45, 2.75) is 13.5 Å². The van der Waals surface area contributed by atoms with Crippen LogP contribution in [0.3, 0.4) is 0 Å². The minimum Gasteiger partial charge on any atom is -0.495 e. The average molecular weight is 384 g/mol. The average Bonchev–Trinajstić information content (AvgIpc) is 2.64. The van der Waals surface area contributed by atoms with E-state index in [2.05, 4.69) is 10.4 Å². The summed E-state index contributed by atoms with van der Waals surface area (Å²) >= 11 is 5.90. The molecule has 0 atom stereocenters.